The van der Waals surface area contributed by atoms with E-state index in [-0.39, 0.29) is 8.55 Å². The lowest BCUT2D eigenvalue weighted by Gasteiger charge is -2.27. The SMILES string of the molecule is O=[N+]([O-])c1cc(S(=O)(=O)N[C@H]2CCCC[C@@H]2O)sc1Cl. The van der Waals surface area contributed by atoms with Crippen molar-refractivity contribution >= 4 is 38.6 Å². The number of sulfonamides is 1. The van der Waals surface area contributed by atoms with E-state index in [0.717, 1.165) is 18.9 Å². The van der Waals surface area contributed by atoms with Crippen LogP contribution in [0.2, 0.25) is 4.34 Å². The summed E-state index contributed by atoms with van der Waals surface area (Å²) in [5.74, 6) is 0. The van der Waals surface area contributed by atoms with Gasteiger partial charge in [0.1, 0.15) is 4.21 Å². The smallest absolute Gasteiger partial charge is 0.300 e. The summed E-state index contributed by atoms with van der Waals surface area (Å²) in [7, 11) is -3.91. The molecule has 7 nitrogen and oxygen atoms in total. The van der Waals surface area contributed by atoms with Gasteiger partial charge in [0.15, 0.2) is 4.34 Å². The molecule has 20 heavy (non-hydrogen) atoms. The molecule has 2 N–H and O–H groups in total. The molecule has 112 valence electrons. The van der Waals surface area contributed by atoms with E-state index in [4.69, 9.17) is 11.6 Å². The summed E-state index contributed by atoms with van der Waals surface area (Å²) in [6.45, 7) is 0. The second-order valence-corrected chi connectivity index (χ2v) is 8.16. The number of halogens is 1. The molecule has 2 rings (SSSR count). The van der Waals surface area contributed by atoms with Crippen LogP contribution in [0.1, 0.15) is 25.7 Å². The van der Waals surface area contributed by atoms with E-state index in [1.807, 2.05) is 0 Å². The molecule has 0 aromatic carbocycles. The van der Waals surface area contributed by atoms with Gasteiger partial charge < -0.3 is 5.11 Å². The predicted octanol–water partition coefficient (Wildman–Crippen LogP) is 1.89. The first-order valence-corrected chi connectivity index (χ1v) is 8.63. The number of nitro groups is 1. The zero-order valence-electron chi connectivity index (χ0n) is 10.3. The normalized spacial score (nSPS) is 23.7. The third-order valence-electron chi connectivity index (χ3n) is 3.14. The zero-order valence-corrected chi connectivity index (χ0v) is 12.7. The van der Waals surface area contributed by atoms with Crippen molar-refractivity contribution in [3.63, 3.8) is 0 Å². The minimum atomic E-state index is -3.91. The maximum absolute atomic E-state index is 12.1. The van der Waals surface area contributed by atoms with Crippen LogP contribution in [0, 0.1) is 10.1 Å². The van der Waals surface area contributed by atoms with E-state index in [1.165, 1.54) is 0 Å². The first-order valence-electron chi connectivity index (χ1n) is 5.95. The Kier molecular flexibility index (Phi) is 4.65. The van der Waals surface area contributed by atoms with Gasteiger partial charge in [-0.25, -0.2) is 13.1 Å². The third-order valence-corrected chi connectivity index (χ3v) is 6.45. The second-order valence-electron chi connectivity index (χ2n) is 4.56. The Morgan fingerprint density at radius 2 is 2.10 bits per heavy atom. The molecule has 1 aliphatic carbocycles. The topological polar surface area (TPSA) is 110 Å². The standard InChI is InChI=1S/C10H13ClN2O5S2/c11-10-7(13(15)16)5-9(19-10)20(17,18)12-6-3-1-2-4-8(6)14/h5-6,8,12,14H,1-4H2/t6-,8-/m0/s1. The number of thiophene rings is 1. The van der Waals surface area contributed by atoms with Gasteiger partial charge in [0.05, 0.1) is 11.0 Å². The molecular formula is C10H13ClN2O5S2. The summed E-state index contributed by atoms with van der Waals surface area (Å²) < 4.78 is 26.3. The molecule has 0 bridgehead atoms. The molecule has 0 aliphatic heterocycles. The maximum Gasteiger partial charge on any atom is 0.300 e. The number of rotatable bonds is 4. The molecule has 0 radical (unpaired) electrons. The first kappa shape index (κ1) is 15.6. The molecule has 0 spiro atoms. The lowest BCUT2D eigenvalue weighted by Crippen LogP contribution is -2.44. The molecule has 1 fully saturated rings. The van der Waals surface area contributed by atoms with E-state index in [2.05, 4.69) is 4.72 Å². The van der Waals surface area contributed by atoms with Gasteiger partial charge in [0.2, 0.25) is 0 Å². The molecule has 0 amide bonds. The minimum Gasteiger partial charge on any atom is -0.391 e. The summed E-state index contributed by atoms with van der Waals surface area (Å²) in [5.41, 5.74) is -0.429. The van der Waals surface area contributed by atoms with Crippen molar-refractivity contribution in [1.29, 1.82) is 0 Å². The predicted molar refractivity (Wildman–Crippen MR) is 74.6 cm³/mol. The molecule has 1 aliphatic rings. The van der Waals surface area contributed by atoms with Crippen molar-refractivity contribution in [3.05, 3.63) is 20.5 Å². The monoisotopic (exact) mass is 340 g/mol. The van der Waals surface area contributed by atoms with Crippen molar-refractivity contribution in [3.8, 4) is 0 Å². The van der Waals surface area contributed by atoms with Gasteiger partial charge in [0.25, 0.3) is 15.7 Å². The van der Waals surface area contributed by atoms with Gasteiger partial charge in [-0.05, 0) is 12.8 Å². The van der Waals surface area contributed by atoms with Crippen LogP contribution in [0.4, 0.5) is 5.69 Å². The number of aliphatic hydroxyl groups excluding tert-OH is 1. The Labute approximate surface area is 124 Å². The van der Waals surface area contributed by atoms with E-state index >= 15 is 0 Å². The summed E-state index contributed by atoms with van der Waals surface area (Å²) in [5, 5.41) is 20.4. The second kappa shape index (κ2) is 5.94. The molecule has 1 aromatic rings. The Bertz CT molecular complexity index is 615. The van der Waals surface area contributed by atoms with E-state index in [1.54, 1.807) is 0 Å². The van der Waals surface area contributed by atoms with Gasteiger partial charge in [-0.15, -0.1) is 11.3 Å². The van der Waals surface area contributed by atoms with Crippen molar-refractivity contribution in [2.45, 2.75) is 42.0 Å². The minimum absolute atomic E-state index is 0.181. The zero-order chi connectivity index (χ0) is 14.9. The molecule has 0 unspecified atom stereocenters. The summed E-state index contributed by atoms with van der Waals surface area (Å²) in [6, 6.07) is 0.374. The highest BCUT2D eigenvalue weighted by atomic mass is 35.5. The summed E-state index contributed by atoms with van der Waals surface area (Å²) in [4.78, 5) is 9.95. The highest BCUT2D eigenvalue weighted by Gasteiger charge is 2.31. The molecule has 0 saturated heterocycles. The van der Waals surface area contributed by atoms with Gasteiger partial charge >= 0.3 is 0 Å². The lowest BCUT2D eigenvalue weighted by molar-refractivity contribution is -0.384. The number of hydrogen-bond acceptors (Lipinski definition) is 6. The van der Waals surface area contributed by atoms with Crippen LogP contribution in [0.3, 0.4) is 0 Å². The Morgan fingerprint density at radius 3 is 2.65 bits per heavy atom. The highest BCUT2D eigenvalue weighted by molar-refractivity contribution is 7.91. The molecule has 1 aromatic heterocycles. The molecular weight excluding hydrogens is 328 g/mol. The summed E-state index contributed by atoms with van der Waals surface area (Å²) >= 11 is 6.28. The first-order chi connectivity index (χ1) is 9.31. The fourth-order valence-corrected chi connectivity index (χ4v) is 5.09. The lowest BCUT2D eigenvalue weighted by atomic mass is 9.93. The van der Waals surface area contributed by atoms with Gasteiger partial charge in [-0.3, -0.25) is 10.1 Å². The Hall–Kier alpha value is -0.740. The van der Waals surface area contributed by atoms with Crippen LogP contribution in [-0.2, 0) is 10.0 Å². The highest BCUT2D eigenvalue weighted by Crippen LogP contribution is 2.36. The van der Waals surface area contributed by atoms with Crippen molar-refractivity contribution in [2.75, 3.05) is 0 Å². The van der Waals surface area contributed by atoms with Crippen LogP contribution in [-0.4, -0.2) is 30.6 Å². The quantitative estimate of drug-likeness (QED) is 0.642. The average molecular weight is 341 g/mol. The van der Waals surface area contributed by atoms with Crippen LogP contribution < -0.4 is 4.72 Å². The third kappa shape index (κ3) is 3.29. The maximum atomic E-state index is 12.1. The average Bonchev–Trinajstić information content (AvgIpc) is 2.75. The van der Waals surface area contributed by atoms with Crippen LogP contribution in [0.5, 0.6) is 0 Å². The number of hydrogen-bond donors (Lipinski definition) is 2. The Morgan fingerprint density at radius 1 is 1.45 bits per heavy atom. The van der Waals surface area contributed by atoms with Crippen LogP contribution >= 0.6 is 22.9 Å². The fraction of sp³-hybridized carbons (Fsp3) is 0.600. The van der Waals surface area contributed by atoms with Crippen LogP contribution in [0.25, 0.3) is 0 Å². The number of nitrogens with one attached hydrogen (secondary N) is 1. The molecule has 2 atom stereocenters. The van der Waals surface area contributed by atoms with Gasteiger partial charge in [0, 0.05) is 12.1 Å². The molecule has 10 heteroatoms. The van der Waals surface area contributed by atoms with Crippen LogP contribution in [0.15, 0.2) is 10.3 Å². The van der Waals surface area contributed by atoms with Gasteiger partial charge in [-0.2, -0.15) is 0 Å². The fourth-order valence-electron chi connectivity index (χ4n) is 2.10. The number of nitrogens with zero attached hydrogens (tertiary/aromatic N) is 1. The van der Waals surface area contributed by atoms with Crippen molar-refractivity contribution in [1.82, 2.24) is 4.72 Å². The van der Waals surface area contributed by atoms with E-state index in [0.29, 0.717) is 24.2 Å². The Balaban J connectivity index is 2.22. The number of aliphatic hydroxyl groups is 1. The summed E-state index contributed by atoms with van der Waals surface area (Å²) in [6.07, 6.45) is 2.04. The molecule has 1 heterocycles. The van der Waals surface area contributed by atoms with Gasteiger partial charge in [-0.1, -0.05) is 24.4 Å². The van der Waals surface area contributed by atoms with Crippen molar-refractivity contribution < 1.29 is 18.4 Å². The largest absolute Gasteiger partial charge is 0.391 e. The van der Waals surface area contributed by atoms with E-state index < -0.39 is 32.8 Å². The van der Waals surface area contributed by atoms with Crippen molar-refractivity contribution in [2.24, 2.45) is 0 Å². The molecule has 1 saturated carbocycles. The van der Waals surface area contributed by atoms with E-state index in [9.17, 15) is 23.6 Å².